The number of piperidine rings is 1. The first-order valence-electron chi connectivity index (χ1n) is 9.49. The molecule has 5 nitrogen and oxygen atoms in total. The standard InChI is InChI=1S/C20H23F3N4O/c1-11-7-16-15(24-10-11)5-6-27(16)18-8-12(2)19(26-25-18)14-4-3-13(9-17(14)28)20(21,22)23/h3-4,8-9,11,15-16,24,28H,5-7,10H2,1-2H3/t11?,15-,16+/m0/s1. The molecule has 2 aliphatic heterocycles. The minimum Gasteiger partial charge on any atom is -0.507 e. The molecule has 0 bridgehead atoms. The summed E-state index contributed by atoms with van der Waals surface area (Å²) in [7, 11) is 0. The van der Waals surface area contributed by atoms with Gasteiger partial charge in [0.05, 0.1) is 11.3 Å². The van der Waals surface area contributed by atoms with E-state index in [2.05, 4.69) is 27.3 Å². The van der Waals surface area contributed by atoms with E-state index in [9.17, 15) is 18.3 Å². The lowest BCUT2D eigenvalue weighted by Crippen LogP contribution is -2.50. The van der Waals surface area contributed by atoms with Gasteiger partial charge in [-0.2, -0.15) is 13.2 Å². The van der Waals surface area contributed by atoms with Crippen LogP contribution in [0.5, 0.6) is 5.75 Å². The van der Waals surface area contributed by atoms with Gasteiger partial charge in [0.15, 0.2) is 5.82 Å². The van der Waals surface area contributed by atoms with Gasteiger partial charge < -0.3 is 15.3 Å². The Morgan fingerprint density at radius 2 is 2.00 bits per heavy atom. The van der Waals surface area contributed by atoms with E-state index in [0.717, 1.165) is 49.4 Å². The van der Waals surface area contributed by atoms with E-state index in [1.807, 2.05) is 13.0 Å². The number of anilines is 1. The van der Waals surface area contributed by atoms with Crippen molar-refractivity contribution in [1.82, 2.24) is 15.5 Å². The number of phenolic OH excluding ortho intramolecular Hbond substituents is 1. The number of aryl methyl sites for hydroxylation is 1. The van der Waals surface area contributed by atoms with Crippen LogP contribution in [-0.4, -0.2) is 40.5 Å². The number of aromatic nitrogens is 2. The summed E-state index contributed by atoms with van der Waals surface area (Å²) >= 11 is 0. The summed E-state index contributed by atoms with van der Waals surface area (Å²) in [4.78, 5) is 2.27. The highest BCUT2D eigenvalue weighted by molar-refractivity contribution is 5.70. The lowest BCUT2D eigenvalue weighted by atomic mass is 9.92. The fourth-order valence-electron chi connectivity index (χ4n) is 4.30. The molecule has 0 aliphatic carbocycles. The van der Waals surface area contributed by atoms with Crippen LogP contribution in [0.1, 0.15) is 30.9 Å². The van der Waals surface area contributed by atoms with Crippen LogP contribution in [0.3, 0.4) is 0 Å². The Morgan fingerprint density at radius 3 is 2.68 bits per heavy atom. The Balaban J connectivity index is 1.62. The van der Waals surface area contributed by atoms with E-state index in [1.165, 1.54) is 6.07 Å². The zero-order valence-electron chi connectivity index (χ0n) is 15.8. The summed E-state index contributed by atoms with van der Waals surface area (Å²) in [6.07, 6.45) is -2.35. The second-order valence-corrected chi connectivity index (χ2v) is 7.87. The van der Waals surface area contributed by atoms with Crippen molar-refractivity contribution in [2.24, 2.45) is 5.92 Å². The van der Waals surface area contributed by atoms with Crippen LogP contribution in [0.15, 0.2) is 24.3 Å². The molecule has 2 fully saturated rings. The third-order valence-corrected chi connectivity index (χ3v) is 5.76. The third-order valence-electron chi connectivity index (χ3n) is 5.76. The fraction of sp³-hybridized carbons (Fsp3) is 0.500. The molecule has 0 saturated carbocycles. The Bertz CT molecular complexity index is 886. The summed E-state index contributed by atoms with van der Waals surface area (Å²) < 4.78 is 38.5. The van der Waals surface area contributed by atoms with Gasteiger partial charge in [-0.1, -0.05) is 6.92 Å². The molecule has 1 unspecified atom stereocenters. The van der Waals surface area contributed by atoms with Crippen LogP contribution in [0.25, 0.3) is 11.3 Å². The first kappa shape index (κ1) is 19.0. The second-order valence-electron chi connectivity index (χ2n) is 7.87. The van der Waals surface area contributed by atoms with Crippen molar-refractivity contribution in [3.8, 4) is 17.0 Å². The number of nitrogens with one attached hydrogen (secondary N) is 1. The summed E-state index contributed by atoms with van der Waals surface area (Å²) in [6.45, 7) is 5.99. The second kappa shape index (κ2) is 6.92. The number of aromatic hydroxyl groups is 1. The van der Waals surface area contributed by atoms with E-state index < -0.39 is 17.5 Å². The zero-order chi connectivity index (χ0) is 20.1. The lowest BCUT2D eigenvalue weighted by Gasteiger charge is -2.36. The molecule has 2 saturated heterocycles. The average molecular weight is 392 g/mol. The molecule has 8 heteroatoms. The van der Waals surface area contributed by atoms with Crippen LogP contribution >= 0.6 is 0 Å². The van der Waals surface area contributed by atoms with Gasteiger partial charge in [-0.25, -0.2) is 0 Å². The summed E-state index contributed by atoms with van der Waals surface area (Å²) in [6, 6.07) is 5.66. The molecule has 28 heavy (non-hydrogen) atoms. The summed E-state index contributed by atoms with van der Waals surface area (Å²) in [5.74, 6) is 0.918. The van der Waals surface area contributed by atoms with Gasteiger partial charge in [0, 0.05) is 24.2 Å². The predicted molar refractivity (Wildman–Crippen MR) is 100 cm³/mol. The summed E-state index contributed by atoms with van der Waals surface area (Å²) in [5.41, 5.74) is 0.510. The van der Waals surface area contributed by atoms with Crippen molar-refractivity contribution in [3.05, 3.63) is 35.4 Å². The number of alkyl halides is 3. The van der Waals surface area contributed by atoms with Gasteiger partial charge in [0.2, 0.25) is 0 Å². The Morgan fingerprint density at radius 1 is 1.21 bits per heavy atom. The van der Waals surface area contributed by atoms with Crippen molar-refractivity contribution in [2.45, 2.75) is 44.9 Å². The van der Waals surface area contributed by atoms with Crippen LogP contribution < -0.4 is 10.2 Å². The molecule has 0 radical (unpaired) electrons. The smallest absolute Gasteiger partial charge is 0.416 e. The molecule has 0 amide bonds. The van der Waals surface area contributed by atoms with E-state index in [1.54, 1.807) is 0 Å². The maximum atomic E-state index is 12.8. The highest BCUT2D eigenvalue weighted by Crippen LogP contribution is 2.38. The molecule has 1 aromatic heterocycles. The minimum absolute atomic E-state index is 0.247. The molecule has 3 heterocycles. The molecule has 150 valence electrons. The summed E-state index contributed by atoms with van der Waals surface area (Å²) in [5, 5.41) is 22.3. The normalized spacial score (nSPS) is 25.0. The van der Waals surface area contributed by atoms with E-state index >= 15 is 0 Å². The molecule has 0 spiro atoms. The Hall–Kier alpha value is -2.35. The van der Waals surface area contributed by atoms with Crippen molar-refractivity contribution in [2.75, 3.05) is 18.0 Å². The first-order chi connectivity index (χ1) is 13.2. The Kier molecular flexibility index (Phi) is 4.69. The number of rotatable bonds is 2. The number of hydrogen-bond acceptors (Lipinski definition) is 5. The van der Waals surface area contributed by atoms with Crippen LogP contribution in [0.4, 0.5) is 19.0 Å². The molecule has 1 aromatic carbocycles. The lowest BCUT2D eigenvalue weighted by molar-refractivity contribution is -0.137. The van der Waals surface area contributed by atoms with Gasteiger partial charge in [-0.15, -0.1) is 10.2 Å². The van der Waals surface area contributed by atoms with Crippen molar-refractivity contribution < 1.29 is 18.3 Å². The van der Waals surface area contributed by atoms with E-state index in [4.69, 9.17) is 0 Å². The number of halogens is 3. The largest absolute Gasteiger partial charge is 0.507 e. The average Bonchev–Trinajstić information content (AvgIpc) is 3.04. The molecule has 2 aromatic rings. The van der Waals surface area contributed by atoms with Crippen LogP contribution in [0, 0.1) is 12.8 Å². The van der Waals surface area contributed by atoms with Gasteiger partial charge in [0.25, 0.3) is 0 Å². The fourth-order valence-corrected chi connectivity index (χ4v) is 4.30. The predicted octanol–water partition coefficient (Wildman–Crippen LogP) is 3.75. The molecule has 3 atom stereocenters. The Labute approximate surface area is 161 Å². The quantitative estimate of drug-likeness (QED) is 0.815. The highest BCUT2D eigenvalue weighted by atomic mass is 19.4. The van der Waals surface area contributed by atoms with E-state index in [0.29, 0.717) is 23.7 Å². The van der Waals surface area contributed by atoms with Crippen molar-refractivity contribution in [3.63, 3.8) is 0 Å². The highest BCUT2D eigenvalue weighted by Gasteiger charge is 2.38. The maximum Gasteiger partial charge on any atom is 0.416 e. The zero-order valence-corrected chi connectivity index (χ0v) is 15.8. The molecular formula is C20H23F3N4O. The van der Waals surface area contributed by atoms with Gasteiger partial charge in [-0.3, -0.25) is 0 Å². The minimum atomic E-state index is -4.50. The molecule has 2 aliphatic rings. The van der Waals surface area contributed by atoms with Crippen LogP contribution in [-0.2, 0) is 6.18 Å². The molecule has 2 N–H and O–H groups in total. The number of phenols is 1. The van der Waals surface area contributed by atoms with Crippen molar-refractivity contribution >= 4 is 5.82 Å². The SMILES string of the molecule is Cc1cc(N2CC[C@@H]3NCC(C)C[C@H]32)nnc1-c1ccc(C(F)(F)F)cc1O. The number of nitrogens with zero attached hydrogens (tertiary/aromatic N) is 3. The maximum absolute atomic E-state index is 12.8. The third kappa shape index (κ3) is 3.41. The topological polar surface area (TPSA) is 61.3 Å². The van der Waals surface area contributed by atoms with Crippen molar-refractivity contribution in [1.29, 1.82) is 0 Å². The molecular weight excluding hydrogens is 369 g/mol. The molecule has 4 rings (SSSR count). The number of benzene rings is 1. The van der Waals surface area contributed by atoms with Gasteiger partial charge >= 0.3 is 6.18 Å². The first-order valence-corrected chi connectivity index (χ1v) is 9.49. The monoisotopic (exact) mass is 392 g/mol. The van der Waals surface area contributed by atoms with Gasteiger partial charge in [-0.05, 0) is 62.1 Å². The van der Waals surface area contributed by atoms with Crippen LogP contribution in [0.2, 0.25) is 0 Å². The number of fused-ring (bicyclic) bond motifs is 1. The van der Waals surface area contributed by atoms with E-state index in [-0.39, 0.29) is 5.56 Å². The van der Waals surface area contributed by atoms with Gasteiger partial charge in [0.1, 0.15) is 5.75 Å². The number of hydrogen-bond donors (Lipinski definition) is 2.